The average molecular weight is 331 g/mol. The van der Waals surface area contributed by atoms with Crippen LogP contribution in [0.2, 0.25) is 0 Å². The Labute approximate surface area is 136 Å². The van der Waals surface area contributed by atoms with Crippen molar-refractivity contribution in [1.82, 2.24) is 14.9 Å². The largest absolute Gasteiger partial charge is 0.332 e. The average Bonchev–Trinajstić information content (AvgIpc) is 2.92. The minimum Gasteiger partial charge on any atom is -0.332 e. The Hall–Kier alpha value is -2.28. The molecule has 1 aliphatic heterocycles. The summed E-state index contributed by atoms with van der Waals surface area (Å²) in [7, 11) is 0. The van der Waals surface area contributed by atoms with Crippen LogP contribution in [0.1, 0.15) is 23.7 Å². The summed E-state index contributed by atoms with van der Waals surface area (Å²) in [5, 5.41) is 0. The van der Waals surface area contributed by atoms with Crippen LogP contribution in [0.25, 0.3) is 0 Å². The van der Waals surface area contributed by atoms with Crippen molar-refractivity contribution in [2.24, 2.45) is 0 Å². The number of benzene rings is 1. The van der Waals surface area contributed by atoms with E-state index in [1.807, 2.05) is 24.3 Å². The van der Waals surface area contributed by atoms with E-state index in [1.54, 1.807) is 16.7 Å². The molecule has 0 bridgehead atoms. The van der Waals surface area contributed by atoms with Crippen molar-refractivity contribution in [3.63, 3.8) is 0 Å². The van der Waals surface area contributed by atoms with Gasteiger partial charge in [0.1, 0.15) is 0 Å². The molecule has 0 fully saturated rings. The van der Waals surface area contributed by atoms with Crippen molar-refractivity contribution in [2.45, 2.75) is 31.3 Å². The van der Waals surface area contributed by atoms with Gasteiger partial charge in [-0.15, -0.1) is 11.8 Å². The van der Waals surface area contributed by atoms with E-state index in [9.17, 15) is 14.4 Å². The fraction of sp³-hybridized carbons (Fsp3) is 0.312. The van der Waals surface area contributed by atoms with Gasteiger partial charge in [0.25, 0.3) is 5.56 Å². The van der Waals surface area contributed by atoms with Crippen molar-refractivity contribution in [3.8, 4) is 0 Å². The van der Waals surface area contributed by atoms with Gasteiger partial charge < -0.3 is 9.88 Å². The molecule has 0 radical (unpaired) electrons. The second-order valence-corrected chi connectivity index (χ2v) is 6.71. The summed E-state index contributed by atoms with van der Waals surface area (Å²) in [6, 6.07) is 7.92. The fourth-order valence-electron chi connectivity index (χ4n) is 2.67. The molecule has 1 aliphatic rings. The Morgan fingerprint density at radius 1 is 1.26 bits per heavy atom. The first-order chi connectivity index (χ1) is 11.1. The summed E-state index contributed by atoms with van der Waals surface area (Å²) in [6.07, 6.45) is 0.286. The van der Waals surface area contributed by atoms with Gasteiger partial charge in [0.05, 0.1) is 25.1 Å². The van der Waals surface area contributed by atoms with Gasteiger partial charge in [0, 0.05) is 10.6 Å². The molecular weight excluding hydrogens is 314 g/mol. The molecule has 0 spiro atoms. The van der Waals surface area contributed by atoms with E-state index in [-0.39, 0.29) is 25.4 Å². The lowest BCUT2D eigenvalue weighted by Crippen LogP contribution is -2.28. The first kappa shape index (κ1) is 15.6. The zero-order valence-electron chi connectivity index (χ0n) is 12.7. The highest BCUT2D eigenvalue weighted by Crippen LogP contribution is 2.21. The number of aromatic nitrogens is 2. The number of rotatable bonds is 4. The highest BCUT2D eigenvalue weighted by atomic mass is 32.2. The molecule has 1 aromatic carbocycles. The van der Waals surface area contributed by atoms with E-state index in [0.29, 0.717) is 11.3 Å². The van der Waals surface area contributed by atoms with E-state index in [2.05, 4.69) is 16.9 Å². The lowest BCUT2D eigenvalue weighted by Gasteiger charge is -2.15. The number of nitrogens with one attached hydrogen (secondary N) is 2. The maximum Gasteiger partial charge on any atom is 0.325 e. The minimum absolute atomic E-state index is 0.0555. The summed E-state index contributed by atoms with van der Waals surface area (Å²) in [6.45, 7) is 2.60. The standard InChI is InChI=1S/C16H17N3O3S/c1-2-23-11-5-3-4-10(6-11)7-14(20)19-8-12-13(9-19)17-16(22)18-15(12)21/h3-6H,2,7-9H2,1H3,(H2,17,18,21,22). The van der Waals surface area contributed by atoms with Crippen LogP contribution in [0.15, 0.2) is 38.8 Å². The molecule has 7 heteroatoms. The third-order valence-electron chi connectivity index (χ3n) is 3.75. The summed E-state index contributed by atoms with van der Waals surface area (Å²) in [4.78, 5) is 43.0. The van der Waals surface area contributed by atoms with Crippen molar-refractivity contribution < 1.29 is 4.79 Å². The normalized spacial score (nSPS) is 13.2. The van der Waals surface area contributed by atoms with Gasteiger partial charge >= 0.3 is 5.69 Å². The van der Waals surface area contributed by atoms with Gasteiger partial charge in [-0.1, -0.05) is 19.1 Å². The van der Waals surface area contributed by atoms with E-state index in [1.165, 1.54) is 0 Å². The molecule has 0 saturated heterocycles. The first-order valence-electron chi connectivity index (χ1n) is 7.40. The number of hydrogen-bond acceptors (Lipinski definition) is 4. The van der Waals surface area contributed by atoms with Crippen molar-refractivity contribution in [3.05, 3.63) is 61.9 Å². The van der Waals surface area contributed by atoms with E-state index in [0.717, 1.165) is 16.2 Å². The Kier molecular flexibility index (Phi) is 4.38. The number of carbonyl (C=O) groups is 1. The molecular formula is C16H17N3O3S. The van der Waals surface area contributed by atoms with Crippen molar-refractivity contribution >= 4 is 17.7 Å². The molecule has 0 aliphatic carbocycles. The van der Waals surface area contributed by atoms with Crippen molar-refractivity contribution in [2.75, 3.05) is 5.75 Å². The van der Waals surface area contributed by atoms with E-state index in [4.69, 9.17) is 0 Å². The van der Waals surface area contributed by atoms with Crippen LogP contribution in [0.5, 0.6) is 0 Å². The molecule has 0 atom stereocenters. The minimum atomic E-state index is -0.535. The van der Waals surface area contributed by atoms with Crippen LogP contribution >= 0.6 is 11.8 Å². The van der Waals surface area contributed by atoms with Crippen LogP contribution in [-0.4, -0.2) is 26.5 Å². The third-order valence-corrected chi connectivity index (χ3v) is 4.62. The predicted molar refractivity (Wildman–Crippen MR) is 88.5 cm³/mol. The topological polar surface area (TPSA) is 86.0 Å². The zero-order valence-corrected chi connectivity index (χ0v) is 13.5. The van der Waals surface area contributed by atoms with E-state index >= 15 is 0 Å². The van der Waals surface area contributed by atoms with Gasteiger partial charge in [0.2, 0.25) is 5.91 Å². The van der Waals surface area contributed by atoms with Gasteiger partial charge in [-0.2, -0.15) is 0 Å². The number of H-pyrrole nitrogens is 2. The Bertz CT molecular complexity index is 856. The number of hydrogen-bond donors (Lipinski definition) is 2. The van der Waals surface area contributed by atoms with Gasteiger partial charge in [-0.3, -0.25) is 14.6 Å². The summed E-state index contributed by atoms with van der Waals surface area (Å²) < 4.78 is 0. The van der Waals surface area contributed by atoms with Gasteiger partial charge in [-0.25, -0.2) is 4.79 Å². The molecule has 120 valence electrons. The smallest absolute Gasteiger partial charge is 0.325 e. The Balaban J connectivity index is 1.73. The SMILES string of the molecule is CCSc1cccc(CC(=O)N2Cc3[nH]c(=O)[nH]c(=O)c3C2)c1. The molecule has 2 aromatic rings. The molecule has 23 heavy (non-hydrogen) atoms. The number of amides is 1. The first-order valence-corrected chi connectivity index (χ1v) is 8.39. The van der Waals surface area contributed by atoms with Crippen LogP contribution < -0.4 is 11.2 Å². The highest BCUT2D eigenvalue weighted by molar-refractivity contribution is 7.99. The van der Waals surface area contributed by atoms with Crippen LogP contribution in [0, 0.1) is 0 Å². The molecule has 3 rings (SSSR count). The molecule has 1 aromatic heterocycles. The Morgan fingerprint density at radius 3 is 2.87 bits per heavy atom. The van der Waals surface area contributed by atoms with Crippen LogP contribution in [0.4, 0.5) is 0 Å². The van der Waals surface area contributed by atoms with Crippen LogP contribution in [-0.2, 0) is 24.3 Å². The van der Waals surface area contributed by atoms with E-state index < -0.39 is 11.2 Å². The second-order valence-electron chi connectivity index (χ2n) is 5.37. The lowest BCUT2D eigenvalue weighted by molar-refractivity contribution is -0.131. The monoisotopic (exact) mass is 331 g/mol. The highest BCUT2D eigenvalue weighted by Gasteiger charge is 2.26. The third kappa shape index (κ3) is 3.39. The maximum atomic E-state index is 12.5. The maximum absolute atomic E-state index is 12.5. The second kappa shape index (κ2) is 6.45. The number of thioether (sulfide) groups is 1. The molecule has 0 saturated carbocycles. The fourth-order valence-corrected chi connectivity index (χ4v) is 3.42. The lowest BCUT2D eigenvalue weighted by atomic mass is 10.1. The zero-order chi connectivity index (χ0) is 16.4. The predicted octanol–water partition coefficient (Wildman–Crippen LogP) is 1.26. The number of aromatic amines is 2. The number of nitrogens with zero attached hydrogens (tertiary/aromatic N) is 1. The number of carbonyl (C=O) groups excluding carboxylic acids is 1. The molecule has 0 unspecified atom stereocenters. The molecule has 6 nitrogen and oxygen atoms in total. The Morgan fingerprint density at radius 2 is 2.09 bits per heavy atom. The van der Waals surface area contributed by atoms with Crippen molar-refractivity contribution in [1.29, 1.82) is 0 Å². The summed E-state index contributed by atoms with van der Waals surface area (Å²) in [5.41, 5.74) is 0.996. The quantitative estimate of drug-likeness (QED) is 0.826. The molecule has 1 amide bonds. The van der Waals surface area contributed by atoms with Gasteiger partial charge in [-0.05, 0) is 23.4 Å². The molecule has 2 heterocycles. The summed E-state index contributed by atoms with van der Waals surface area (Å²) in [5.74, 6) is 0.926. The van der Waals surface area contributed by atoms with Gasteiger partial charge in [0.15, 0.2) is 0 Å². The summed E-state index contributed by atoms with van der Waals surface area (Å²) >= 11 is 1.73. The number of fused-ring (bicyclic) bond motifs is 1. The van der Waals surface area contributed by atoms with Crippen LogP contribution in [0.3, 0.4) is 0 Å². The molecule has 2 N–H and O–H groups in total.